The van der Waals surface area contributed by atoms with Crippen molar-refractivity contribution in [3.8, 4) is 0 Å². The van der Waals surface area contributed by atoms with Crippen molar-refractivity contribution in [2.24, 2.45) is 9.98 Å². The number of nitrogens with zero attached hydrogens (tertiary/aromatic N) is 2. The van der Waals surface area contributed by atoms with Crippen LogP contribution in [0.2, 0.25) is 9.63 Å². The number of isocyanates is 2. The Morgan fingerprint density at radius 3 is 1.81 bits per heavy atom. The Bertz CT molecular complexity index is 242. The summed E-state index contributed by atoms with van der Waals surface area (Å²) in [5.41, 5.74) is 0. The quantitative estimate of drug-likeness (QED) is 0.374. The topological polar surface area (TPSA) is 58.9 Å². The van der Waals surface area contributed by atoms with Crippen LogP contribution in [0.25, 0.3) is 0 Å². The normalized spacial score (nSPS) is 21.6. The summed E-state index contributed by atoms with van der Waals surface area (Å²) in [6.45, 7) is 1.20. The molecular weight excluding hydrogens is 298 g/mol. The molecule has 2 unspecified atom stereocenters. The maximum atomic E-state index is 9.86. The van der Waals surface area contributed by atoms with E-state index in [1.165, 1.54) is 0 Å². The minimum atomic E-state index is 0. The third kappa shape index (κ3) is 7.80. The van der Waals surface area contributed by atoms with Gasteiger partial charge in [-0.3, -0.25) is 0 Å². The van der Waals surface area contributed by atoms with Crippen LogP contribution in [0, 0.1) is 0 Å². The van der Waals surface area contributed by atoms with E-state index in [1.54, 1.807) is 12.2 Å². The molecule has 0 radical (unpaired) electrons. The molecule has 1 rings (SSSR count). The fraction of sp³-hybridized carbons (Fsp3) is 0.778. The first-order valence-electron chi connectivity index (χ1n) is 4.26. The van der Waals surface area contributed by atoms with Crippen LogP contribution in [0.3, 0.4) is 0 Å². The number of hydrogen-bond acceptors (Lipinski definition) is 5. The Hall–Kier alpha value is -0.441. The third-order valence-corrected chi connectivity index (χ3v) is 5.14. The Balaban J connectivity index is 0. The molecule has 0 aromatic rings. The van der Waals surface area contributed by atoms with Crippen LogP contribution in [0.5, 0.6) is 0 Å². The van der Waals surface area contributed by atoms with Gasteiger partial charge in [-0.1, -0.05) is 7.43 Å². The fourth-order valence-electron chi connectivity index (χ4n) is 1.33. The Kier molecular flexibility index (Phi) is 14.2. The molecule has 0 bridgehead atoms. The van der Waals surface area contributed by atoms with E-state index >= 15 is 0 Å². The van der Waals surface area contributed by atoms with Gasteiger partial charge < -0.3 is 0 Å². The zero-order valence-corrected chi connectivity index (χ0v) is 10.5. The van der Waals surface area contributed by atoms with E-state index in [0.717, 1.165) is 12.8 Å². The SMILES string of the molecule is C.FS.O=C=NCC1CCC(CN=C=O)[Se]1. The average Bonchev–Trinajstić information content (AvgIpc) is 2.74. The van der Waals surface area contributed by atoms with Gasteiger partial charge in [0.25, 0.3) is 0 Å². The van der Waals surface area contributed by atoms with Crippen LogP contribution in [0.1, 0.15) is 20.3 Å². The van der Waals surface area contributed by atoms with Crippen molar-refractivity contribution in [1.29, 1.82) is 0 Å². The van der Waals surface area contributed by atoms with E-state index in [0.29, 0.717) is 37.7 Å². The van der Waals surface area contributed by atoms with Crippen LogP contribution in [0.15, 0.2) is 9.98 Å². The number of thiol groups is 1. The Morgan fingerprint density at radius 2 is 1.50 bits per heavy atom. The van der Waals surface area contributed by atoms with Crippen LogP contribution in [0.4, 0.5) is 3.89 Å². The molecule has 0 N–H and O–H groups in total. The molecule has 2 atom stereocenters. The molecule has 0 amide bonds. The molecule has 1 aliphatic rings. The van der Waals surface area contributed by atoms with Gasteiger partial charge in [0.1, 0.15) is 0 Å². The molecule has 1 saturated heterocycles. The summed E-state index contributed by atoms with van der Waals surface area (Å²) in [5.74, 6) is 0. The van der Waals surface area contributed by atoms with Crippen LogP contribution >= 0.6 is 13.0 Å². The van der Waals surface area contributed by atoms with Crippen molar-refractivity contribution in [1.82, 2.24) is 0 Å². The van der Waals surface area contributed by atoms with Crippen molar-refractivity contribution in [3.05, 3.63) is 0 Å². The number of aliphatic imine (C=N–C) groups is 2. The minimum absolute atomic E-state index is 0. The van der Waals surface area contributed by atoms with Crippen molar-refractivity contribution in [3.63, 3.8) is 0 Å². The summed E-state index contributed by atoms with van der Waals surface area (Å²) in [5, 5.41) is 0. The summed E-state index contributed by atoms with van der Waals surface area (Å²) in [6.07, 6.45) is 5.31. The first-order chi connectivity index (χ1) is 7.36. The molecule has 1 aliphatic heterocycles. The predicted molar refractivity (Wildman–Crippen MR) is 65.3 cm³/mol. The van der Waals surface area contributed by atoms with Gasteiger partial charge >= 0.3 is 82.3 Å². The monoisotopic (exact) mass is 314 g/mol. The summed E-state index contributed by atoms with van der Waals surface area (Å²) >= 11 is 2.49. The summed E-state index contributed by atoms with van der Waals surface area (Å²) in [6, 6.07) is 0. The Morgan fingerprint density at radius 1 is 1.12 bits per heavy atom. The molecule has 0 spiro atoms. The molecule has 1 heterocycles. The number of halogens is 1. The fourth-order valence-corrected chi connectivity index (χ4v) is 4.28. The maximum absolute atomic E-state index is 9.86. The van der Waals surface area contributed by atoms with Crippen molar-refractivity contribution >= 4 is 40.1 Å². The molecule has 7 heteroatoms. The van der Waals surface area contributed by atoms with Gasteiger partial charge in [0, 0.05) is 13.0 Å². The van der Waals surface area contributed by atoms with Gasteiger partial charge in [0.15, 0.2) is 0 Å². The predicted octanol–water partition coefficient (Wildman–Crippen LogP) is 2.17. The second-order valence-corrected chi connectivity index (χ2v) is 6.19. The van der Waals surface area contributed by atoms with E-state index in [2.05, 4.69) is 9.98 Å². The van der Waals surface area contributed by atoms with E-state index in [-0.39, 0.29) is 7.43 Å². The Labute approximate surface area is 107 Å². The van der Waals surface area contributed by atoms with Crippen molar-refractivity contribution in [2.75, 3.05) is 13.1 Å². The molecule has 0 aromatic carbocycles. The van der Waals surface area contributed by atoms with Gasteiger partial charge in [-0.2, -0.15) is 3.89 Å². The molecule has 92 valence electrons. The van der Waals surface area contributed by atoms with Crippen LogP contribution in [-0.4, -0.2) is 40.2 Å². The van der Waals surface area contributed by atoms with E-state index in [1.807, 2.05) is 13.0 Å². The first kappa shape index (κ1) is 17.9. The van der Waals surface area contributed by atoms with E-state index < -0.39 is 0 Å². The van der Waals surface area contributed by atoms with E-state index in [4.69, 9.17) is 0 Å². The molecular formula is C9H15FN2O2SSe. The van der Waals surface area contributed by atoms with Gasteiger partial charge in [0.05, 0.1) is 0 Å². The summed E-state index contributed by atoms with van der Waals surface area (Å²) in [4.78, 5) is 27.9. The van der Waals surface area contributed by atoms with Crippen LogP contribution in [-0.2, 0) is 9.59 Å². The third-order valence-electron chi connectivity index (χ3n) is 1.91. The molecule has 0 saturated carbocycles. The summed E-state index contributed by atoms with van der Waals surface area (Å²) in [7, 11) is 0. The van der Waals surface area contributed by atoms with Crippen molar-refractivity contribution in [2.45, 2.75) is 29.9 Å². The van der Waals surface area contributed by atoms with Crippen molar-refractivity contribution < 1.29 is 13.5 Å². The second-order valence-electron chi connectivity index (χ2n) is 2.82. The van der Waals surface area contributed by atoms with Gasteiger partial charge in [-0.25, -0.2) is 0 Å². The van der Waals surface area contributed by atoms with Crippen LogP contribution < -0.4 is 0 Å². The molecule has 1 fully saturated rings. The van der Waals surface area contributed by atoms with Gasteiger partial charge in [0.2, 0.25) is 0 Å². The zero-order valence-electron chi connectivity index (χ0n) is 7.93. The number of rotatable bonds is 4. The molecule has 16 heavy (non-hydrogen) atoms. The number of carbonyl (C=O) groups excluding carboxylic acids is 2. The zero-order chi connectivity index (χ0) is 11.5. The first-order valence-corrected chi connectivity index (χ1v) is 6.58. The van der Waals surface area contributed by atoms with Gasteiger partial charge in [-0.15, -0.1) is 0 Å². The average molecular weight is 313 g/mol. The number of hydrogen-bond donors (Lipinski definition) is 1. The summed E-state index contributed by atoms with van der Waals surface area (Å²) < 4.78 is 9.19. The molecule has 0 aliphatic carbocycles. The second kappa shape index (κ2) is 12.6. The molecule has 4 nitrogen and oxygen atoms in total. The molecule has 0 aromatic heterocycles. The van der Waals surface area contributed by atoms with Gasteiger partial charge in [-0.05, 0) is 0 Å². The van der Waals surface area contributed by atoms with E-state index in [9.17, 15) is 13.5 Å². The standard InChI is InChI=1S/C8H10N2O2Se.CH4.FHS/c11-5-9-3-7-1-2-8(13-7)4-10-6-12;;1-2/h7-8H,1-4H2;1H4;2H.